The van der Waals surface area contributed by atoms with Crippen molar-refractivity contribution in [2.75, 3.05) is 46.3 Å². The molecule has 0 spiro atoms. The topological polar surface area (TPSA) is 53.4 Å². The van der Waals surface area contributed by atoms with Gasteiger partial charge in [-0.3, -0.25) is 9.48 Å². The van der Waals surface area contributed by atoms with Crippen LogP contribution in [0.5, 0.6) is 0 Å². The summed E-state index contributed by atoms with van der Waals surface area (Å²) in [6, 6.07) is 5.63. The Morgan fingerprint density at radius 2 is 2.08 bits per heavy atom. The average Bonchev–Trinajstić information content (AvgIpc) is 2.98. The van der Waals surface area contributed by atoms with E-state index in [4.69, 9.17) is 11.6 Å². The Balaban J connectivity index is 1.42. The largest absolute Gasteiger partial charge is 0.354 e. The number of aromatic nitrogens is 2. The van der Waals surface area contributed by atoms with Crippen LogP contribution in [0, 0.1) is 0 Å². The fourth-order valence-electron chi connectivity index (χ4n) is 2.99. The molecule has 0 aliphatic carbocycles. The number of hydrogen-bond donors (Lipinski definition) is 1. The van der Waals surface area contributed by atoms with Crippen molar-refractivity contribution < 1.29 is 4.79 Å². The number of halogens is 1. The van der Waals surface area contributed by atoms with Gasteiger partial charge in [0, 0.05) is 38.1 Å². The third-order valence-electron chi connectivity index (χ3n) is 4.50. The molecule has 2 aromatic rings. The zero-order chi connectivity index (χ0) is 16.9. The number of amides is 1. The van der Waals surface area contributed by atoms with Crippen LogP contribution in [0.25, 0.3) is 10.9 Å². The van der Waals surface area contributed by atoms with Gasteiger partial charge in [0.1, 0.15) is 6.54 Å². The Morgan fingerprint density at radius 3 is 2.88 bits per heavy atom. The third-order valence-corrected chi connectivity index (χ3v) is 4.83. The summed E-state index contributed by atoms with van der Waals surface area (Å²) in [7, 11) is 2.16. The van der Waals surface area contributed by atoms with Crippen molar-refractivity contribution >= 4 is 28.4 Å². The Morgan fingerprint density at radius 1 is 1.29 bits per heavy atom. The fraction of sp³-hybridized carbons (Fsp3) is 0.529. The van der Waals surface area contributed by atoms with E-state index in [1.807, 2.05) is 18.2 Å². The molecule has 7 heteroatoms. The Kier molecular flexibility index (Phi) is 5.71. The molecular weight excluding hydrogens is 326 g/mol. The van der Waals surface area contributed by atoms with Crippen molar-refractivity contribution in [3.05, 3.63) is 29.4 Å². The monoisotopic (exact) mass is 349 g/mol. The van der Waals surface area contributed by atoms with Crippen molar-refractivity contribution in [3.8, 4) is 0 Å². The van der Waals surface area contributed by atoms with Gasteiger partial charge < -0.3 is 15.1 Å². The first-order chi connectivity index (χ1) is 11.6. The standard InChI is InChI=1S/C17H24ClN5O/c1-21-8-10-22(11-9-21)7-3-6-19-17(24)13-23-16-5-2-4-15(18)14(16)12-20-23/h2,4-5,12H,3,6-11,13H2,1H3,(H,19,24). The molecule has 0 radical (unpaired) electrons. The lowest BCUT2D eigenvalue weighted by atomic mass is 10.2. The minimum absolute atomic E-state index is 0.0154. The van der Waals surface area contributed by atoms with Gasteiger partial charge in [-0.15, -0.1) is 0 Å². The number of likely N-dealkylation sites (N-methyl/N-ethyl adjacent to an activating group) is 1. The molecule has 1 fully saturated rings. The van der Waals surface area contributed by atoms with Gasteiger partial charge in [-0.25, -0.2) is 0 Å². The van der Waals surface area contributed by atoms with Gasteiger partial charge in [0.2, 0.25) is 5.91 Å². The zero-order valence-corrected chi connectivity index (χ0v) is 14.8. The highest BCUT2D eigenvalue weighted by molar-refractivity contribution is 6.35. The highest BCUT2D eigenvalue weighted by Crippen LogP contribution is 2.22. The molecule has 0 atom stereocenters. The van der Waals surface area contributed by atoms with Crippen LogP contribution < -0.4 is 5.32 Å². The van der Waals surface area contributed by atoms with E-state index in [1.165, 1.54) is 0 Å². The fourth-order valence-corrected chi connectivity index (χ4v) is 3.21. The van der Waals surface area contributed by atoms with Crippen LogP contribution in [0.15, 0.2) is 24.4 Å². The van der Waals surface area contributed by atoms with E-state index in [0.717, 1.165) is 50.0 Å². The Bertz CT molecular complexity index is 693. The molecule has 1 aromatic carbocycles. The van der Waals surface area contributed by atoms with Crippen molar-refractivity contribution in [2.45, 2.75) is 13.0 Å². The molecule has 0 unspecified atom stereocenters. The number of nitrogens with zero attached hydrogens (tertiary/aromatic N) is 4. The summed E-state index contributed by atoms with van der Waals surface area (Å²) in [5, 5.41) is 8.78. The SMILES string of the molecule is CN1CCN(CCCNC(=O)Cn2ncc3c(Cl)cccc32)CC1. The van der Waals surface area contributed by atoms with Crippen LogP contribution in [0.4, 0.5) is 0 Å². The van der Waals surface area contributed by atoms with E-state index in [-0.39, 0.29) is 12.5 Å². The summed E-state index contributed by atoms with van der Waals surface area (Å²) < 4.78 is 1.69. The molecule has 1 aliphatic heterocycles. The molecule has 1 amide bonds. The lowest BCUT2D eigenvalue weighted by molar-refractivity contribution is -0.121. The quantitative estimate of drug-likeness (QED) is 0.802. The van der Waals surface area contributed by atoms with E-state index in [2.05, 4.69) is 27.3 Å². The Hall–Kier alpha value is -1.63. The smallest absolute Gasteiger partial charge is 0.241 e. The van der Waals surface area contributed by atoms with Gasteiger partial charge in [0.25, 0.3) is 0 Å². The van der Waals surface area contributed by atoms with Gasteiger partial charge in [-0.1, -0.05) is 17.7 Å². The van der Waals surface area contributed by atoms with Gasteiger partial charge in [0.15, 0.2) is 0 Å². The van der Waals surface area contributed by atoms with E-state index in [0.29, 0.717) is 11.6 Å². The van der Waals surface area contributed by atoms with E-state index < -0.39 is 0 Å². The first-order valence-corrected chi connectivity index (χ1v) is 8.79. The second-order valence-electron chi connectivity index (χ2n) is 6.32. The predicted molar refractivity (Wildman–Crippen MR) is 96.3 cm³/mol. The molecule has 0 saturated carbocycles. The molecule has 6 nitrogen and oxygen atoms in total. The average molecular weight is 350 g/mol. The first kappa shape index (κ1) is 17.2. The highest BCUT2D eigenvalue weighted by Gasteiger charge is 2.13. The maximum absolute atomic E-state index is 12.1. The molecule has 130 valence electrons. The Labute approximate surface area is 147 Å². The van der Waals surface area contributed by atoms with Crippen molar-refractivity contribution in [3.63, 3.8) is 0 Å². The number of benzene rings is 1. The van der Waals surface area contributed by atoms with Crippen LogP contribution >= 0.6 is 11.6 Å². The summed E-state index contributed by atoms with van der Waals surface area (Å²) in [6.07, 6.45) is 2.68. The number of piperazine rings is 1. The molecule has 3 rings (SSSR count). The predicted octanol–water partition coefficient (Wildman–Crippen LogP) is 1.44. The van der Waals surface area contributed by atoms with Crippen LogP contribution in [0.3, 0.4) is 0 Å². The van der Waals surface area contributed by atoms with E-state index >= 15 is 0 Å². The lowest BCUT2D eigenvalue weighted by Crippen LogP contribution is -2.45. The van der Waals surface area contributed by atoms with Crippen molar-refractivity contribution in [1.29, 1.82) is 0 Å². The highest BCUT2D eigenvalue weighted by atomic mass is 35.5. The molecule has 2 heterocycles. The maximum atomic E-state index is 12.1. The summed E-state index contributed by atoms with van der Waals surface area (Å²) >= 11 is 6.13. The van der Waals surface area contributed by atoms with Crippen molar-refractivity contribution in [2.24, 2.45) is 0 Å². The zero-order valence-electron chi connectivity index (χ0n) is 14.0. The third kappa shape index (κ3) is 4.26. The number of nitrogens with one attached hydrogen (secondary N) is 1. The lowest BCUT2D eigenvalue weighted by Gasteiger charge is -2.32. The number of hydrogen-bond acceptors (Lipinski definition) is 4. The molecule has 1 aromatic heterocycles. The molecule has 1 N–H and O–H groups in total. The number of rotatable bonds is 6. The van der Waals surface area contributed by atoms with Crippen LogP contribution in [-0.2, 0) is 11.3 Å². The molecule has 24 heavy (non-hydrogen) atoms. The summed E-state index contributed by atoms with van der Waals surface area (Å²) in [6.45, 7) is 6.44. The molecule has 1 aliphatic rings. The first-order valence-electron chi connectivity index (χ1n) is 8.41. The number of fused-ring (bicyclic) bond motifs is 1. The number of carbonyl (C=O) groups excluding carboxylic acids is 1. The van der Waals surface area contributed by atoms with E-state index in [9.17, 15) is 4.79 Å². The van der Waals surface area contributed by atoms with Gasteiger partial charge in [-0.2, -0.15) is 5.10 Å². The van der Waals surface area contributed by atoms with Crippen LogP contribution in [0.2, 0.25) is 5.02 Å². The van der Waals surface area contributed by atoms with Crippen LogP contribution in [0.1, 0.15) is 6.42 Å². The minimum Gasteiger partial charge on any atom is -0.354 e. The van der Waals surface area contributed by atoms with Crippen LogP contribution in [-0.4, -0.2) is 71.8 Å². The number of carbonyl (C=O) groups is 1. The van der Waals surface area contributed by atoms with Gasteiger partial charge in [0.05, 0.1) is 16.7 Å². The molecule has 1 saturated heterocycles. The second kappa shape index (κ2) is 7.96. The molecular formula is C17H24ClN5O. The van der Waals surface area contributed by atoms with Gasteiger partial charge in [-0.05, 0) is 32.1 Å². The summed E-state index contributed by atoms with van der Waals surface area (Å²) in [5.74, 6) is -0.0154. The van der Waals surface area contributed by atoms with Gasteiger partial charge >= 0.3 is 0 Å². The summed E-state index contributed by atoms with van der Waals surface area (Å²) in [5.41, 5.74) is 0.884. The summed E-state index contributed by atoms with van der Waals surface area (Å²) in [4.78, 5) is 16.9. The maximum Gasteiger partial charge on any atom is 0.241 e. The second-order valence-corrected chi connectivity index (χ2v) is 6.73. The van der Waals surface area contributed by atoms with E-state index in [1.54, 1.807) is 10.9 Å². The molecule has 0 bridgehead atoms. The minimum atomic E-state index is -0.0154. The normalized spacial score (nSPS) is 16.6. The van der Waals surface area contributed by atoms with Crippen molar-refractivity contribution in [1.82, 2.24) is 24.9 Å².